The summed E-state index contributed by atoms with van der Waals surface area (Å²) in [5, 5.41) is 10.1. The van der Waals surface area contributed by atoms with E-state index in [0.717, 1.165) is 34.9 Å². The van der Waals surface area contributed by atoms with Gasteiger partial charge in [0.25, 0.3) is 0 Å². The van der Waals surface area contributed by atoms with Crippen LogP contribution in [0.3, 0.4) is 0 Å². The monoisotopic (exact) mass is 586 g/mol. The van der Waals surface area contributed by atoms with E-state index in [9.17, 15) is 23.5 Å². The Bertz CT molecular complexity index is 1430. The summed E-state index contributed by atoms with van der Waals surface area (Å²) < 4.78 is 27.6. The fourth-order valence-corrected chi connectivity index (χ4v) is 7.64. The second-order valence-electron chi connectivity index (χ2n) is 10.5. The molecule has 1 heterocycles. The molecule has 5 nitrogen and oxygen atoms in total. The second kappa shape index (κ2) is 12.8. The van der Waals surface area contributed by atoms with Gasteiger partial charge in [-0.2, -0.15) is 0 Å². The number of hydrogen-bond donors (Lipinski definition) is 1. The van der Waals surface area contributed by atoms with Crippen LogP contribution in [0.25, 0.3) is 0 Å². The highest BCUT2D eigenvalue weighted by atomic mass is 32.2. The molecular weight excluding hydrogens is 554 g/mol. The third kappa shape index (κ3) is 6.19. The zero-order chi connectivity index (χ0) is 29.7. The molecule has 42 heavy (non-hydrogen) atoms. The number of nitrogens with zero attached hydrogens (tertiary/aromatic N) is 2. The molecule has 0 aromatic heterocycles. The van der Waals surface area contributed by atoms with Gasteiger partial charge in [-0.25, -0.2) is 13.6 Å². The van der Waals surface area contributed by atoms with Crippen molar-refractivity contribution in [1.29, 1.82) is 0 Å². The number of carbonyl (C=O) groups is 2. The molecule has 216 valence electrons. The van der Waals surface area contributed by atoms with E-state index in [2.05, 4.69) is 36.4 Å². The summed E-state index contributed by atoms with van der Waals surface area (Å²) in [4.78, 5) is 27.8. The Balaban J connectivity index is 1.49. The molecule has 0 saturated carbocycles. The van der Waals surface area contributed by atoms with Gasteiger partial charge in [0, 0.05) is 37.4 Å². The number of amides is 2. The van der Waals surface area contributed by atoms with Gasteiger partial charge in [-0.15, -0.1) is 11.8 Å². The van der Waals surface area contributed by atoms with Crippen LogP contribution in [0.4, 0.5) is 13.6 Å². The number of benzene rings is 4. The maximum absolute atomic E-state index is 14.4. The lowest BCUT2D eigenvalue weighted by Gasteiger charge is -2.37. The van der Waals surface area contributed by atoms with Gasteiger partial charge < -0.3 is 14.9 Å². The Morgan fingerprint density at radius 1 is 0.881 bits per heavy atom. The van der Waals surface area contributed by atoms with Crippen molar-refractivity contribution < 1.29 is 23.5 Å². The fraction of sp³-hybridized carbons (Fsp3) is 0.235. The fourth-order valence-electron chi connectivity index (χ4n) is 5.77. The summed E-state index contributed by atoms with van der Waals surface area (Å²) in [6, 6.07) is 33.2. The van der Waals surface area contributed by atoms with Crippen molar-refractivity contribution in [2.75, 3.05) is 13.1 Å². The Kier molecular flexibility index (Phi) is 8.92. The first kappa shape index (κ1) is 29.3. The molecule has 1 fully saturated rings. The van der Waals surface area contributed by atoms with Crippen molar-refractivity contribution in [2.45, 2.75) is 35.9 Å². The minimum atomic E-state index is -1.08. The Labute approximate surface area is 248 Å². The molecule has 0 radical (unpaired) electrons. The van der Waals surface area contributed by atoms with Gasteiger partial charge in [-0.3, -0.25) is 4.79 Å². The lowest BCUT2D eigenvalue weighted by molar-refractivity contribution is -0.130. The third-order valence-electron chi connectivity index (χ3n) is 7.75. The van der Waals surface area contributed by atoms with Crippen molar-refractivity contribution in [2.24, 2.45) is 0 Å². The lowest BCUT2D eigenvalue weighted by atomic mass is 9.84. The maximum Gasteiger partial charge on any atom is 0.407 e. The molecule has 2 amide bonds. The average Bonchev–Trinajstić information content (AvgIpc) is 3.41. The van der Waals surface area contributed by atoms with E-state index in [1.54, 1.807) is 11.8 Å². The first-order chi connectivity index (χ1) is 20.3. The van der Waals surface area contributed by atoms with Gasteiger partial charge in [-0.05, 0) is 41.3 Å². The quantitative estimate of drug-likeness (QED) is 0.212. The number of thioether (sulfide) groups is 1. The summed E-state index contributed by atoms with van der Waals surface area (Å²) in [7, 11) is 0. The number of likely N-dealkylation sites (tertiary alicyclic amines) is 1. The molecule has 4 aromatic carbocycles. The smallest absolute Gasteiger partial charge is 0.407 e. The highest BCUT2D eigenvalue weighted by Crippen LogP contribution is 2.52. The SMILES string of the molecule is CC(=O)N(Cc1cc(F)ccc1F)C[C@@H]1C[C@@H](SC(c2ccccc2)(c2ccccc2)c2ccccc2)CN1C(=O)O. The third-order valence-corrected chi connectivity index (χ3v) is 9.49. The van der Waals surface area contributed by atoms with Crippen LogP contribution in [-0.2, 0) is 16.1 Å². The summed E-state index contributed by atoms with van der Waals surface area (Å²) >= 11 is 1.71. The van der Waals surface area contributed by atoms with Crippen LogP contribution in [0.5, 0.6) is 0 Å². The summed E-state index contributed by atoms with van der Waals surface area (Å²) in [5.74, 6) is -1.55. The Morgan fingerprint density at radius 2 is 1.40 bits per heavy atom. The van der Waals surface area contributed by atoms with Crippen molar-refractivity contribution >= 4 is 23.8 Å². The van der Waals surface area contributed by atoms with Crippen molar-refractivity contribution in [3.8, 4) is 0 Å². The van der Waals surface area contributed by atoms with Crippen LogP contribution in [0.1, 0.15) is 35.6 Å². The molecule has 0 aliphatic carbocycles. The minimum Gasteiger partial charge on any atom is -0.465 e. The molecular formula is C34H32F2N2O3S. The van der Waals surface area contributed by atoms with E-state index >= 15 is 0 Å². The van der Waals surface area contributed by atoms with Crippen LogP contribution >= 0.6 is 11.8 Å². The van der Waals surface area contributed by atoms with E-state index < -0.39 is 28.5 Å². The van der Waals surface area contributed by atoms with Gasteiger partial charge in [0.05, 0.1) is 10.8 Å². The van der Waals surface area contributed by atoms with E-state index in [1.165, 1.54) is 16.7 Å². The highest BCUT2D eigenvalue weighted by Gasteiger charge is 2.44. The summed E-state index contributed by atoms with van der Waals surface area (Å²) in [6.07, 6.45) is -0.589. The predicted molar refractivity (Wildman–Crippen MR) is 161 cm³/mol. The molecule has 0 spiro atoms. The maximum atomic E-state index is 14.4. The summed E-state index contributed by atoms with van der Waals surface area (Å²) in [5.41, 5.74) is 3.27. The van der Waals surface area contributed by atoms with Crippen molar-refractivity contribution in [3.63, 3.8) is 0 Å². The van der Waals surface area contributed by atoms with Crippen LogP contribution in [0.15, 0.2) is 109 Å². The molecule has 8 heteroatoms. The molecule has 5 rings (SSSR count). The number of rotatable bonds is 9. The molecule has 0 bridgehead atoms. The van der Waals surface area contributed by atoms with Crippen molar-refractivity contribution in [3.05, 3.63) is 143 Å². The van der Waals surface area contributed by atoms with Crippen LogP contribution < -0.4 is 0 Å². The topological polar surface area (TPSA) is 60.9 Å². The number of hydrogen-bond acceptors (Lipinski definition) is 3. The predicted octanol–water partition coefficient (Wildman–Crippen LogP) is 7.16. The van der Waals surface area contributed by atoms with E-state index in [1.807, 2.05) is 54.6 Å². The van der Waals surface area contributed by atoms with E-state index in [0.29, 0.717) is 6.42 Å². The van der Waals surface area contributed by atoms with E-state index in [4.69, 9.17) is 0 Å². The molecule has 4 aromatic rings. The van der Waals surface area contributed by atoms with Crippen LogP contribution in [-0.4, -0.2) is 51.3 Å². The zero-order valence-corrected chi connectivity index (χ0v) is 24.0. The highest BCUT2D eigenvalue weighted by molar-refractivity contribution is 8.01. The Hall–Kier alpha value is -4.17. The van der Waals surface area contributed by atoms with Crippen molar-refractivity contribution in [1.82, 2.24) is 9.80 Å². The zero-order valence-electron chi connectivity index (χ0n) is 23.2. The van der Waals surface area contributed by atoms with Gasteiger partial charge in [0.2, 0.25) is 5.91 Å². The molecule has 1 saturated heterocycles. The van der Waals surface area contributed by atoms with E-state index in [-0.39, 0.29) is 36.4 Å². The van der Waals surface area contributed by atoms with Gasteiger partial charge in [-0.1, -0.05) is 91.0 Å². The standard InChI is InChI=1S/C34H32F2N2O3S/c1-24(39)37(21-25-19-29(35)17-18-32(25)36)22-30-20-31(23-38(30)33(40)41)42-34(26-11-5-2-6-12-26,27-13-7-3-8-14-27)28-15-9-4-10-16-28/h2-19,30-31H,20-23H2,1H3,(H,40,41)/t30-,31+/m0/s1. The summed E-state index contributed by atoms with van der Waals surface area (Å²) in [6.45, 7) is 1.54. The second-order valence-corrected chi connectivity index (χ2v) is 12.0. The molecule has 0 unspecified atom stereocenters. The van der Waals surface area contributed by atoms with Crippen LogP contribution in [0.2, 0.25) is 0 Å². The molecule has 2 atom stereocenters. The first-order valence-electron chi connectivity index (χ1n) is 13.8. The van der Waals surface area contributed by atoms with Crippen LogP contribution in [0, 0.1) is 11.6 Å². The largest absolute Gasteiger partial charge is 0.465 e. The van der Waals surface area contributed by atoms with Gasteiger partial charge >= 0.3 is 6.09 Å². The lowest BCUT2D eigenvalue weighted by Crippen LogP contribution is -2.44. The normalized spacial score (nSPS) is 16.8. The first-order valence-corrected chi connectivity index (χ1v) is 14.7. The van der Waals surface area contributed by atoms with Gasteiger partial charge in [0.15, 0.2) is 0 Å². The number of carboxylic acid groups (broad SMARTS) is 1. The molecule has 1 aliphatic heterocycles. The number of carbonyl (C=O) groups excluding carboxylic acids is 1. The average molecular weight is 587 g/mol. The number of halogens is 2. The Morgan fingerprint density at radius 3 is 1.88 bits per heavy atom. The van der Waals surface area contributed by atoms with Gasteiger partial charge in [0.1, 0.15) is 11.6 Å². The molecule has 1 aliphatic rings. The molecule has 1 N–H and O–H groups in total. The minimum absolute atomic E-state index is 0.0484.